The van der Waals surface area contributed by atoms with Gasteiger partial charge in [0.05, 0.1) is 12.0 Å². The van der Waals surface area contributed by atoms with Crippen LogP contribution in [0.15, 0.2) is 0 Å². The molecule has 5 nitrogen and oxygen atoms in total. The number of carboxylic acid groups (broad SMARTS) is 1. The fourth-order valence-corrected chi connectivity index (χ4v) is 1.78. The van der Waals surface area contributed by atoms with E-state index in [1.54, 1.807) is 20.8 Å². The molecule has 0 saturated heterocycles. The number of hydrogen-bond acceptors (Lipinski definition) is 3. The van der Waals surface area contributed by atoms with Crippen LogP contribution >= 0.6 is 0 Å². The van der Waals surface area contributed by atoms with Gasteiger partial charge in [-0.15, -0.1) is 0 Å². The van der Waals surface area contributed by atoms with Gasteiger partial charge in [-0.3, -0.25) is 4.79 Å². The third-order valence-electron chi connectivity index (χ3n) is 3.38. The van der Waals surface area contributed by atoms with Gasteiger partial charge in [-0.1, -0.05) is 0 Å². The topological polar surface area (TPSA) is 75.6 Å². The molecule has 0 bridgehead atoms. The number of aliphatic carboxylic acids is 1. The van der Waals surface area contributed by atoms with E-state index in [0.29, 0.717) is 0 Å². The lowest BCUT2D eigenvalue weighted by atomic mass is 9.94. The van der Waals surface area contributed by atoms with E-state index in [-0.39, 0.29) is 18.2 Å². The normalized spacial score (nSPS) is 19.5. The summed E-state index contributed by atoms with van der Waals surface area (Å²) in [6.45, 7) is 5.16. The maximum Gasteiger partial charge on any atom is 0.329 e. The minimum absolute atomic E-state index is 0.0506. The van der Waals surface area contributed by atoms with Crippen molar-refractivity contribution in [2.45, 2.75) is 51.2 Å². The Bertz CT molecular complexity index is 322. The Balaban J connectivity index is 2.63. The highest BCUT2D eigenvalue weighted by Gasteiger charge is 2.48. The summed E-state index contributed by atoms with van der Waals surface area (Å²) in [5, 5.41) is 11.8. The predicted molar refractivity (Wildman–Crippen MR) is 62.6 cm³/mol. The maximum atomic E-state index is 11.8. The van der Waals surface area contributed by atoms with E-state index in [0.717, 1.165) is 12.8 Å². The van der Waals surface area contributed by atoms with E-state index in [9.17, 15) is 14.7 Å². The average molecular weight is 243 g/mol. The van der Waals surface area contributed by atoms with Crippen LogP contribution in [0.4, 0.5) is 0 Å². The fourth-order valence-electron chi connectivity index (χ4n) is 1.78. The van der Waals surface area contributed by atoms with Crippen molar-refractivity contribution in [1.29, 1.82) is 0 Å². The lowest BCUT2D eigenvalue weighted by Crippen LogP contribution is -2.55. The molecule has 5 heteroatoms. The number of ether oxygens (including phenoxy) is 1. The molecule has 1 aliphatic rings. The number of amides is 1. The molecule has 0 spiro atoms. The molecule has 0 aliphatic heterocycles. The quantitative estimate of drug-likeness (QED) is 0.734. The van der Waals surface area contributed by atoms with Crippen LogP contribution in [0, 0.1) is 5.92 Å². The summed E-state index contributed by atoms with van der Waals surface area (Å²) in [5.41, 5.74) is -1.71. The first kappa shape index (κ1) is 14.0. The third kappa shape index (κ3) is 3.43. The third-order valence-corrected chi connectivity index (χ3v) is 3.38. The molecule has 1 unspecified atom stereocenters. The molecular formula is C12H21NO4. The molecule has 0 heterocycles. The van der Waals surface area contributed by atoms with E-state index in [1.165, 1.54) is 7.11 Å². The summed E-state index contributed by atoms with van der Waals surface area (Å²) in [5.74, 6) is -1.20. The molecule has 0 aromatic heterocycles. The number of nitrogens with one attached hydrogen (secondary N) is 1. The number of carboxylic acids is 1. The molecule has 1 aliphatic carbocycles. The monoisotopic (exact) mass is 243 g/mol. The summed E-state index contributed by atoms with van der Waals surface area (Å²) in [6, 6.07) is 0. The van der Waals surface area contributed by atoms with Crippen LogP contribution in [-0.4, -0.2) is 35.2 Å². The molecule has 1 amide bonds. The summed E-state index contributed by atoms with van der Waals surface area (Å²) in [4.78, 5) is 23.0. The van der Waals surface area contributed by atoms with Gasteiger partial charge >= 0.3 is 5.97 Å². The van der Waals surface area contributed by atoms with Crippen LogP contribution in [0.5, 0.6) is 0 Å². The van der Waals surface area contributed by atoms with Crippen LogP contribution < -0.4 is 5.32 Å². The SMILES string of the molecule is COC(C)(C)CC(=O)NC(C)(C(=O)O)C1CC1. The van der Waals surface area contributed by atoms with Gasteiger partial charge in [0.1, 0.15) is 5.54 Å². The maximum absolute atomic E-state index is 11.8. The van der Waals surface area contributed by atoms with Crippen molar-refractivity contribution in [3.63, 3.8) is 0 Å². The standard InChI is InChI=1S/C12H21NO4/c1-11(2,17-4)7-9(14)13-12(3,10(15)16)8-5-6-8/h8H,5-7H2,1-4H3,(H,13,14)(H,15,16). The van der Waals surface area contributed by atoms with Crippen LogP contribution in [-0.2, 0) is 14.3 Å². The Morgan fingerprint density at radius 2 is 1.88 bits per heavy atom. The van der Waals surface area contributed by atoms with Crippen molar-refractivity contribution < 1.29 is 19.4 Å². The van der Waals surface area contributed by atoms with Gasteiger partial charge in [-0.05, 0) is 39.5 Å². The molecule has 98 valence electrons. The summed E-state index contributed by atoms with van der Waals surface area (Å²) in [6.07, 6.45) is 1.87. The van der Waals surface area contributed by atoms with Crippen molar-refractivity contribution in [2.75, 3.05) is 7.11 Å². The van der Waals surface area contributed by atoms with E-state index >= 15 is 0 Å². The highest BCUT2D eigenvalue weighted by atomic mass is 16.5. The zero-order valence-electron chi connectivity index (χ0n) is 10.9. The molecule has 0 aromatic carbocycles. The second-order valence-electron chi connectivity index (χ2n) is 5.47. The van der Waals surface area contributed by atoms with Crippen LogP contribution in [0.25, 0.3) is 0 Å². The van der Waals surface area contributed by atoms with Crippen molar-refractivity contribution in [1.82, 2.24) is 5.32 Å². The number of carbonyl (C=O) groups is 2. The first-order valence-corrected chi connectivity index (χ1v) is 5.81. The van der Waals surface area contributed by atoms with Gasteiger partial charge in [0.25, 0.3) is 0 Å². The van der Waals surface area contributed by atoms with Gasteiger partial charge in [0, 0.05) is 7.11 Å². The summed E-state index contributed by atoms with van der Waals surface area (Å²) in [7, 11) is 1.53. The lowest BCUT2D eigenvalue weighted by molar-refractivity contribution is -0.148. The second kappa shape index (κ2) is 4.64. The van der Waals surface area contributed by atoms with E-state index in [4.69, 9.17) is 4.74 Å². The number of carbonyl (C=O) groups excluding carboxylic acids is 1. The number of rotatable bonds is 6. The highest BCUT2D eigenvalue weighted by Crippen LogP contribution is 2.39. The van der Waals surface area contributed by atoms with Crippen LogP contribution in [0.1, 0.15) is 40.0 Å². The predicted octanol–water partition coefficient (Wildman–Crippen LogP) is 1.17. The van der Waals surface area contributed by atoms with Crippen molar-refractivity contribution in [2.24, 2.45) is 5.92 Å². The zero-order valence-corrected chi connectivity index (χ0v) is 10.9. The van der Waals surface area contributed by atoms with Gasteiger partial charge in [0.2, 0.25) is 5.91 Å². The summed E-state index contributed by atoms with van der Waals surface area (Å²) >= 11 is 0. The molecule has 0 aromatic rings. The fraction of sp³-hybridized carbons (Fsp3) is 0.833. The first-order valence-electron chi connectivity index (χ1n) is 5.81. The van der Waals surface area contributed by atoms with Crippen molar-refractivity contribution in [3.05, 3.63) is 0 Å². The van der Waals surface area contributed by atoms with Gasteiger partial charge in [0.15, 0.2) is 0 Å². The van der Waals surface area contributed by atoms with E-state index in [1.807, 2.05) is 0 Å². The molecule has 1 saturated carbocycles. The molecule has 1 rings (SSSR count). The lowest BCUT2D eigenvalue weighted by Gasteiger charge is -2.29. The van der Waals surface area contributed by atoms with Crippen LogP contribution in [0.2, 0.25) is 0 Å². The van der Waals surface area contributed by atoms with E-state index < -0.39 is 17.1 Å². The van der Waals surface area contributed by atoms with Gasteiger partial charge in [-0.2, -0.15) is 0 Å². The Kier molecular flexibility index (Phi) is 3.81. The van der Waals surface area contributed by atoms with Crippen LogP contribution in [0.3, 0.4) is 0 Å². The van der Waals surface area contributed by atoms with Gasteiger partial charge in [-0.25, -0.2) is 4.79 Å². The van der Waals surface area contributed by atoms with Gasteiger partial charge < -0.3 is 15.2 Å². The van der Waals surface area contributed by atoms with Crippen molar-refractivity contribution in [3.8, 4) is 0 Å². The molecule has 0 radical (unpaired) electrons. The molecule has 1 atom stereocenters. The Morgan fingerprint density at radius 3 is 2.24 bits per heavy atom. The Morgan fingerprint density at radius 1 is 1.35 bits per heavy atom. The summed E-state index contributed by atoms with van der Waals surface area (Å²) < 4.78 is 5.15. The minimum atomic E-state index is -1.14. The van der Waals surface area contributed by atoms with E-state index in [2.05, 4.69) is 5.32 Å². The molecule has 2 N–H and O–H groups in total. The molecular weight excluding hydrogens is 222 g/mol. The number of methoxy groups -OCH3 is 1. The largest absolute Gasteiger partial charge is 0.480 e. The zero-order chi connectivity index (χ0) is 13.3. The molecule has 1 fully saturated rings. The smallest absolute Gasteiger partial charge is 0.329 e. The minimum Gasteiger partial charge on any atom is -0.480 e. The second-order valence-corrected chi connectivity index (χ2v) is 5.47. The highest BCUT2D eigenvalue weighted by molar-refractivity contribution is 5.87. The Labute approximate surface area is 102 Å². The first-order chi connectivity index (χ1) is 7.71. The average Bonchev–Trinajstić information content (AvgIpc) is 2.99. The molecule has 17 heavy (non-hydrogen) atoms. The van der Waals surface area contributed by atoms with Crippen molar-refractivity contribution >= 4 is 11.9 Å². The Hall–Kier alpha value is -1.10. The number of hydrogen-bond donors (Lipinski definition) is 2.